The number of methoxy groups -OCH3 is 1. The number of para-hydroxylation sites is 1. The standard InChI is InChI=1S/C19H23NO3/c1-11(2)10-22-13(4)17-9-15-12(3)20-18-14(19(15)23-17)7-6-8-16(18)21-5/h6-9,11,13H,10H2,1-5H3. The molecule has 0 radical (unpaired) electrons. The highest BCUT2D eigenvalue weighted by Gasteiger charge is 2.18. The molecule has 1 atom stereocenters. The van der Waals surface area contributed by atoms with Gasteiger partial charge in [0.05, 0.1) is 7.11 Å². The zero-order valence-corrected chi connectivity index (χ0v) is 14.3. The summed E-state index contributed by atoms with van der Waals surface area (Å²) in [6.45, 7) is 9.00. The summed E-state index contributed by atoms with van der Waals surface area (Å²) in [5.41, 5.74) is 2.61. The predicted octanol–water partition coefficient (Wildman–Crippen LogP) is 5.03. The van der Waals surface area contributed by atoms with Crippen LogP contribution < -0.4 is 4.74 Å². The van der Waals surface area contributed by atoms with E-state index in [0.717, 1.165) is 39.1 Å². The molecule has 122 valence electrons. The van der Waals surface area contributed by atoms with Gasteiger partial charge < -0.3 is 13.9 Å². The first-order chi connectivity index (χ1) is 11.0. The predicted molar refractivity (Wildman–Crippen MR) is 92.0 cm³/mol. The van der Waals surface area contributed by atoms with Crippen LogP contribution in [-0.4, -0.2) is 18.7 Å². The molecule has 1 aromatic carbocycles. The molecule has 0 aliphatic carbocycles. The SMILES string of the molecule is COc1cccc2c1nc(C)c1cc(C(C)OCC(C)C)oc12. The highest BCUT2D eigenvalue weighted by Crippen LogP contribution is 2.35. The van der Waals surface area contributed by atoms with Crippen molar-refractivity contribution in [1.82, 2.24) is 4.98 Å². The minimum absolute atomic E-state index is 0.0788. The van der Waals surface area contributed by atoms with Crippen LogP contribution in [0.15, 0.2) is 28.7 Å². The average Bonchev–Trinajstić information content (AvgIpc) is 2.98. The number of aryl methyl sites for hydroxylation is 1. The normalized spacial score (nSPS) is 13.1. The van der Waals surface area contributed by atoms with Gasteiger partial charge in [0.1, 0.15) is 28.7 Å². The Morgan fingerprint density at radius 2 is 1.96 bits per heavy atom. The lowest BCUT2D eigenvalue weighted by atomic mass is 10.1. The quantitative estimate of drug-likeness (QED) is 0.662. The number of nitrogens with zero attached hydrogens (tertiary/aromatic N) is 1. The molecule has 0 bridgehead atoms. The summed E-state index contributed by atoms with van der Waals surface area (Å²) < 4.78 is 17.4. The summed E-state index contributed by atoms with van der Waals surface area (Å²) in [5, 5.41) is 1.99. The van der Waals surface area contributed by atoms with Gasteiger partial charge in [0.15, 0.2) is 0 Å². The van der Waals surface area contributed by atoms with Crippen LogP contribution in [-0.2, 0) is 4.74 Å². The fraction of sp³-hybridized carbons (Fsp3) is 0.421. The van der Waals surface area contributed by atoms with E-state index in [1.54, 1.807) is 7.11 Å². The Labute approximate surface area is 136 Å². The van der Waals surface area contributed by atoms with Crippen molar-refractivity contribution in [3.63, 3.8) is 0 Å². The smallest absolute Gasteiger partial charge is 0.145 e. The number of furan rings is 1. The molecule has 0 amide bonds. The van der Waals surface area contributed by atoms with Crippen LogP contribution in [0.1, 0.15) is 38.3 Å². The van der Waals surface area contributed by atoms with Crippen molar-refractivity contribution in [2.75, 3.05) is 13.7 Å². The van der Waals surface area contributed by atoms with Crippen LogP contribution in [0, 0.1) is 12.8 Å². The number of rotatable bonds is 5. The summed E-state index contributed by atoms with van der Waals surface area (Å²) in [5.74, 6) is 2.09. The van der Waals surface area contributed by atoms with E-state index in [0.29, 0.717) is 12.5 Å². The molecule has 0 fully saturated rings. The van der Waals surface area contributed by atoms with E-state index in [1.165, 1.54) is 0 Å². The molecule has 1 unspecified atom stereocenters. The van der Waals surface area contributed by atoms with Gasteiger partial charge in [0.2, 0.25) is 0 Å². The topological polar surface area (TPSA) is 44.5 Å². The van der Waals surface area contributed by atoms with E-state index >= 15 is 0 Å². The molecule has 23 heavy (non-hydrogen) atoms. The lowest BCUT2D eigenvalue weighted by Crippen LogP contribution is -2.05. The van der Waals surface area contributed by atoms with E-state index in [9.17, 15) is 0 Å². The third kappa shape index (κ3) is 2.91. The summed E-state index contributed by atoms with van der Waals surface area (Å²) in [6.07, 6.45) is -0.0788. The Hall–Kier alpha value is -2.07. The van der Waals surface area contributed by atoms with Gasteiger partial charge in [-0.2, -0.15) is 0 Å². The molecule has 2 heterocycles. The maximum atomic E-state index is 6.14. The maximum Gasteiger partial charge on any atom is 0.145 e. The first-order valence-corrected chi connectivity index (χ1v) is 7.99. The second kappa shape index (κ2) is 6.20. The zero-order chi connectivity index (χ0) is 16.6. The molecule has 2 aromatic heterocycles. The average molecular weight is 313 g/mol. The first kappa shape index (κ1) is 15.8. The Kier molecular flexibility index (Phi) is 4.26. The number of hydrogen-bond acceptors (Lipinski definition) is 4. The molecular weight excluding hydrogens is 290 g/mol. The van der Waals surface area contributed by atoms with E-state index < -0.39 is 0 Å². The fourth-order valence-electron chi connectivity index (χ4n) is 2.71. The molecule has 0 saturated carbocycles. The summed E-state index contributed by atoms with van der Waals surface area (Å²) >= 11 is 0. The Balaban J connectivity index is 2.11. The monoisotopic (exact) mass is 313 g/mol. The molecule has 4 nitrogen and oxygen atoms in total. The number of aromatic nitrogens is 1. The minimum Gasteiger partial charge on any atom is -0.494 e. The van der Waals surface area contributed by atoms with E-state index in [2.05, 4.69) is 13.8 Å². The van der Waals surface area contributed by atoms with Crippen molar-refractivity contribution in [1.29, 1.82) is 0 Å². The van der Waals surface area contributed by atoms with Gasteiger partial charge in [-0.15, -0.1) is 0 Å². The highest BCUT2D eigenvalue weighted by molar-refractivity contribution is 6.05. The van der Waals surface area contributed by atoms with Gasteiger partial charge in [0.25, 0.3) is 0 Å². The third-order valence-corrected chi connectivity index (χ3v) is 3.96. The van der Waals surface area contributed by atoms with E-state index in [-0.39, 0.29) is 6.10 Å². The molecule has 0 aliphatic heterocycles. The summed E-state index contributed by atoms with van der Waals surface area (Å²) in [4.78, 5) is 4.70. The van der Waals surface area contributed by atoms with Crippen molar-refractivity contribution in [3.05, 3.63) is 35.7 Å². The van der Waals surface area contributed by atoms with Crippen LogP contribution in [0.5, 0.6) is 5.75 Å². The molecule has 0 spiro atoms. The van der Waals surface area contributed by atoms with Crippen LogP contribution >= 0.6 is 0 Å². The van der Waals surface area contributed by atoms with Crippen LogP contribution in [0.25, 0.3) is 21.9 Å². The van der Waals surface area contributed by atoms with Gasteiger partial charge in [0, 0.05) is 23.1 Å². The molecular formula is C19H23NO3. The second-order valence-corrected chi connectivity index (χ2v) is 6.31. The van der Waals surface area contributed by atoms with Crippen molar-refractivity contribution in [2.45, 2.75) is 33.8 Å². The molecule has 0 saturated heterocycles. The molecule has 0 N–H and O–H groups in total. The van der Waals surface area contributed by atoms with Crippen LogP contribution in [0.2, 0.25) is 0 Å². The lowest BCUT2D eigenvalue weighted by molar-refractivity contribution is 0.0346. The van der Waals surface area contributed by atoms with Crippen molar-refractivity contribution >= 4 is 21.9 Å². The molecule has 4 heteroatoms. The van der Waals surface area contributed by atoms with Crippen LogP contribution in [0.4, 0.5) is 0 Å². The summed E-state index contributed by atoms with van der Waals surface area (Å²) in [6, 6.07) is 7.93. The number of hydrogen-bond donors (Lipinski definition) is 0. The van der Waals surface area contributed by atoms with Gasteiger partial charge >= 0.3 is 0 Å². The third-order valence-electron chi connectivity index (χ3n) is 3.96. The minimum atomic E-state index is -0.0788. The van der Waals surface area contributed by atoms with E-state index in [1.807, 2.05) is 38.1 Å². The Morgan fingerprint density at radius 1 is 1.17 bits per heavy atom. The van der Waals surface area contributed by atoms with E-state index in [4.69, 9.17) is 18.9 Å². The first-order valence-electron chi connectivity index (χ1n) is 7.99. The largest absolute Gasteiger partial charge is 0.494 e. The Bertz CT molecular complexity index is 835. The highest BCUT2D eigenvalue weighted by atomic mass is 16.5. The maximum absolute atomic E-state index is 6.14. The zero-order valence-electron chi connectivity index (χ0n) is 14.3. The van der Waals surface area contributed by atoms with Gasteiger partial charge in [-0.3, -0.25) is 0 Å². The van der Waals surface area contributed by atoms with Gasteiger partial charge in [-0.1, -0.05) is 19.9 Å². The molecule has 3 aromatic rings. The molecule has 3 rings (SSSR count). The number of pyridine rings is 1. The number of ether oxygens (including phenoxy) is 2. The number of fused-ring (bicyclic) bond motifs is 3. The second-order valence-electron chi connectivity index (χ2n) is 6.31. The van der Waals surface area contributed by atoms with Crippen molar-refractivity contribution < 1.29 is 13.9 Å². The van der Waals surface area contributed by atoms with Crippen LogP contribution in [0.3, 0.4) is 0 Å². The van der Waals surface area contributed by atoms with Gasteiger partial charge in [-0.05, 0) is 38.0 Å². The van der Waals surface area contributed by atoms with Crippen molar-refractivity contribution in [3.8, 4) is 5.75 Å². The fourth-order valence-corrected chi connectivity index (χ4v) is 2.71. The Morgan fingerprint density at radius 3 is 2.65 bits per heavy atom. The lowest BCUT2D eigenvalue weighted by Gasteiger charge is -2.12. The summed E-state index contributed by atoms with van der Waals surface area (Å²) in [7, 11) is 1.66. The molecule has 0 aliphatic rings. The van der Waals surface area contributed by atoms with Gasteiger partial charge in [-0.25, -0.2) is 4.98 Å². The van der Waals surface area contributed by atoms with Crippen molar-refractivity contribution in [2.24, 2.45) is 5.92 Å². The number of benzene rings is 1.